The van der Waals surface area contributed by atoms with Gasteiger partial charge in [0, 0.05) is 17.7 Å². The summed E-state index contributed by atoms with van der Waals surface area (Å²) in [6.45, 7) is 2.06. The Bertz CT molecular complexity index is 941. The number of alkyl halides is 1. The Morgan fingerprint density at radius 2 is 1.56 bits per heavy atom. The van der Waals surface area contributed by atoms with Crippen molar-refractivity contribution in [2.45, 2.75) is 23.8 Å². The molecule has 2 unspecified atom stereocenters. The minimum atomic E-state index is -0.499. The number of benzene rings is 3. The normalized spacial score (nSPS) is 21.4. The molecule has 3 aromatic carbocycles. The molecule has 1 amide bonds. The van der Waals surface area contributed by atoms with E-state index in [0.717, 1.165) is 23.4 Å². The molecule has 0 aromatic heterocycles. The summed E-state index contributed by atoms with van der Waals surface area (Å²) in [4.78, 5) is 15.2. The average Bonchev–Trinajstić information content (AvgIpc) is 2.68. The number of hydrogen-bond donors (Lipinski definition) is 1. The van der Waals surface area contributed by atoms with E-state index < -0.39 is 4.45 Å². The Morgan fingerprint density at radius 3 is 2.26 bits per heavy atom. The van der Waals surface area contributed by atoms with E-state index in [-0.39, 0.29) is 11.9 Å². The predicted molar refractivity (Wildman–Crippen MR) is 114 cm³/mol. The zero-order chi connectivity index (χ0) is 18.9. The molecule has 4 heteroatoms. The molecule has 0 aliphatic carbocycles. The third kappa shape index (κ3) is 3.50. The molecule has 0 radical (unpaired) electrons. The fourth-order valence-electron chi connectivity index (χ4n) is 3.71. The van der Waals surface area contributed by atoms with Crippen LogP contribution < -0.4 is 10.2 Å². The standard InChI is InChI=1S/C23H21BrN2O/c1-23(24)16-20(25-18-12-6-3-7-13-18)19-14-8-9-15-21(19)26(23)22(27)17-10-4-2-5-11-17/h2-15,20,25H,16H2,1H3. The molecule has 2 atom stereocenters. The van der Waals surface area contributed by atoms with Crippen molar-refractivity contribution in [1.29, 1.82) is 0 Å². The number of nitrogens with zero attached hydrogens (tertiary/aromatic N) is 1. The lowest BCUT2D eigenvalue weighted by atomic mass is 9.90. The lowest BCUT2D eigenvalue weighted by molar-refractivity contribution is 0.0970. The predicted octanol–water partition coefficient (Wildman–Crippen LogP) is 6.00. The van der Waals surface area contributed by atoms with Gasteiger partial charge >= 0.3 is 0 Å². The van der Waals surface area contributed by atoms with Gasteiger partial charge in [0.15, 0.2) is 0 Å². The highest BCUT2D eigenvalue weighted by Crippen LogP contribution is 2.47. The van der Waals surface area contributed by atoms with Gasteiger partial charge in [0.2, 0.25) is 0 Å². The maximum Gasteiger partial charge on any atom is 0.259 e. The largest absolute Gasteiger partial charge is 0.378 e. The second kappa shape index (κ2) is 7.20. The van der Waals surface area contributed by atoms with Gasteiger partial charge < -0.3 is 5.32 Å². The number of rotatable bonds is 3. The Labute approximate surface area is 168 Å². The summed E-state index contributed by atoms with van der Waals surface area (Å²) in [5.41, 5.74) is 3.82. The van der Waals surface area contributed by atoms with Crippen LogP contribution in [0, 0.1) is 0 Å². The SMILES string of the molecule is CC1(Br)CC(Nc2ccccc2)c2ccccc2N1C(=O)c1ccccc1. The third-order valence-electron chi connectivity index (χ3n) is 4.93. The van der Waals surface area contributed by atoms with E-state index >= 15 is 0 Å². The van der Waals surface area contributed by atoms with E-state index in [0.29, 0.717) is 5.56 Å². The molecule has 4 rings (SSSR count). The highest BCUT2D eigenvalue weighted by Gasteiger charge is 2.43. The van der Waals surface area contributed by atoms with Crippen molar-refractivity contribution in [3.05, 3.63) is 96.1 Å². The molecule has 27 heavy (non-hydrogen) atoms. The first kappa shape index (κ1) is 17.8. The lowest BCUT2D eigenvalue weighted by Crippen LogP contribution is -2.50. The summed E-state index contributed by atoms with van der Waals surface area (Å²) in [7, 11) is 0. The minimum Gasteiger partial charge on any atom is -0.378 e. The summed E-state index contributed by atoms with van der Waals surface area (Å²) < 4.78 is -0.499. The van der Waals surface area contributed by atoms with Crippen molar-refractivity contribution in [1.82, 2.24) is 0 Å². The summed E-state index contributed by atoms with van der Waals surface area (Å²) in [5, 5.41) is 3.62. The van der Waals surface area contributed by atoms with Gasteiger partial charge in [-0.15, -0.1) is 0 Å². The molecule has 1 aliphatic heterocycles. The lowest BCUT2D eigenvalue weighted by Gasteiger charge is -2.45. The third-order valence-corrected chi connectivity index (χ3v) is 5.61. The zero-order valence-electron chi connectivity index (χ0n) is 15.1. The maximum atomic E-state index is 13.3. The van der Waals surface area contributed by atoms with Crippen molar-refractivity contribution in [3.8, 4) is 0 Å². The average molecular weight is 421 g/mol. The number of amides is 1. The number of nitrogens with one attached hydrogen (secondary N) is 1. The van der Waals surface area contributed by atoms with Gasteiger partial charge in [0.25, 0.3) is 5.91 Å². The molecule has 3 aromatic rings. The molecule has 1 heterocycles. The number of para-hydroxylation sites is 2. The maximum absolute atomic E-state index is 13.3. The molecule has 1 N–H and O–H groups in total. The fourth-order valence-corrected chi connectivity index (χ4v) is 4.38. The molecule has 0 saturated carbocycles. The number of carbonyl (C=O) groups excluding carboxylic acids is 1. The monoisotopic (exact) mass is 420 g/mol. The molecule has 0 bridgehead atoms. The van der Waals surface area contributed by atoms with Crippen LogP contribution in [0.5, 0.6) is 0 Å². The van der Waals surface area contributed by atoms with Gasteiger partial charge in [-0.05, 0) is 42.8 Å². The highest BCUT2D eigenvalue weighted by atomic mass is 79.9. The van der Waals surface area contributed by atoms with Crippen LogP contribution in [-0.2, 0) is 0 Å². The first-order valence-electron chi connectivity index (χ1n) is 9.05. The van der Waals surface area contributed by atoms with Crippen LogP contribution >= 0.6 is 15.9 Å². The van der Waals surface area contributed by atoms with Crippen LogP contribution in [0.15, 0.2) is 84.9 Å². The number of hydrogen-bond acceptors (Lipinski definition) is 2. The molecule has 1 aliphatic rings. The van der Waals surface area contributed by atoms with Crippen molar-refractivity contribution in [3.63, 3.8) is 0 Å². The fraction of sp³-hybridized carbons (Fsp3) is 0.174. The summed E-state index contributed by atoms with van der Waals surface area (Å²) in [5.74, 6) is 0.000543. The second-order valence-electron chi connectivity index (χ2n) is 6.97. The van der Waals surface area contributed by atoms with Gasteiger partial charge in [-0.3, -0.25) is 9.69 Å². The Hall–Kier alpha value is -2.59. The van der Waals surface area contributed by atoms with Crippen LogP contribution in [0.25, 0.3) is 0 Å². The molecule has 0 fully saturated rings. The second-order valence-corrected chi connectivity index (χ2v) is 8.68. The van der Waals surface area contributed by atoms with Crippen molar-refractivity contribution in [2.75, 3.05) is 10.2 Å². The topological polar surface area (TPSA) is 32.3 Å². The van der Waals surface area contributed by atoms with Crippen LogP contribution in [0.2, 0.25) is 0 Å². The van der Waals surface area contributed by atoms with Gasteiger partial charge in [0.05, 0.1) is 11.7 Å². The Morgan fingerprint density at radius 1 is 0.963 bits per heavy atom. The highest BCUT2D eigenvalue weighted by molar-refractivity contribution is 9.10. The smallest absolute Gasteiger partial charge is 0.259 e. The van der Waals surface area contributed by atoms with Crippen LogP contribution in [0.1, 0.15) is 35.3 Å². The first-order valence-corrected chi connectivity index (χ1v) is 9.84. The molecule has 136 valence electrons. The Balaban J connectivity index is 1.75. The number of fused-ring (bicyclic) bond motifs is 1. The van der Waals surface area contributed by atoms with E-state index in [4.69, 9.17) is 0 Å². The molecular weight excluding hydrogens is 400 g/mol. The van der Waals surface area contributed by atoms with Crippen molar-refractivity contribution in [2.24, 2.45) is 0 Å². The minimum absolute atomic E-state index is 0.000543. The van der Waals surface area contributed by atoms with Crippen LogP contribution in [0.4, 0.5) is 11.4 Å². The van der Waals surface area contributed by atoms with Gasteiger partial charge in [-0.2, -0.15) is 0 Å². The summed E-state index contributed by atoms with van der Waals surface area (Å²) >= 11 is 3.85. The van der Waals surface area contributed by atoms with Crippen molar-refractivity contribution >= 4 is 33.2 Å². The van der Waals surface area contributed by atoms with Gasteiger partial charge in [-0.25, -0.2) is 0 Å². The summed E-state index contributed by atoms with van der Waals surface area (Å²) in [6, 6.07) is 27.9. The molecule has 3 nitrogen and oxygen atoms in total. The van der Waals surface area contributed by atoms with Crippen LogP contribution in [-0.4, -0.2) is 10.4 Å². The van der Waals surface area contributed by atoms with Gasteiger partial charge in [0.1, 0.15) is 4.45 Å². The molecular formula is C23H21BrN2O. The van der Waals surface area contributed by atoms with E-state index in [9.17, 15) is 4.79 Å². The molecule has 0 saturated heterocycles. The van der Waals surface area contributed by atoms with E-state index in [2.05, 4.69) is 46.4 Å². The van der Waals surface area contributed by atoms with E-state index in [1.165, 1.54) is 0 Å². The van der Waals surface area contributed by atoms with E-state index in [1.54, 1.807) is 0 Å². The number of anilines is 2. The number of carbonyl (C=O) groups is 1. The van der Waals surface area contributed by atoms with E-state index in [1.807, 2.05) is 71.6 Å². The first-order chi connectivity index (χ1) is 13.1. The van der Waals surface area contributed by atoms with Crippen molar-refractivity contribution < 1.29 is 4.79 Å². The Kier molecular flexibility index (Phi) is 4.75. The molecule has 0 spiro atoms. The quantitative estimate of drug-likeness (QED) is 0.416. The number of halogens is 1. The van der Waals surface area contributed by atoms with Gasteiger partial charge in [-0.1, -0.05) is 70.5 Å². The summed E-state index contributed by atoms with van der Waals surface area (Å²) in [6.07, 6.45) is 0.748. The van der Waals surface area contributed by atoms with Crippen LogP contribution in [0.3, 0.4) is 0 Å². The zero-order valence-corrected chi connectivity index (χ0v) is 16.7.